The van der Waals surface area contributed by atoms with E-state index in [1.165, 1.54) is 24.3 Å². The first-order chi connectivity index (χ1) is 11.5. The van der Waals surface area contributed by atoms with Gasteiger partial charge in [-0.05, 0) is 0 Å². The number of hydrogen-bond donors (Lipinski definition) is 0. The standard InChI is InChI=1S/C14F2N6O2/c15-7-8(16)10-12(24-14(22-10)6(3-19)4-20)11-9(7)21-13(23-11)5(1-17)2-18. The van der Waals surface area contributed by atoms with Crippen molar-refractivity contribution in [3.05, 3.63) is 22.7 Å². The zero-order chi connectivity index (χ0) is 17.4. The lowest BCUT2D eigenvalue weighted by molar-refractivity contribution is 0.518. The molecule has 0 fully saturated rings. The van der Waals surface area contributed by atoms with Crippen LogP contribution in [0.4, 0.5) is 8.78 Å². The van der Waals surface area contributed by atoms with E-state index in [4.69, 9.17) is 29.9 Å². The summed E-state index contributed by atoms with van der Waals surface area (Å²) < 4.78 is 38.4. The van der Waals surface area contributed by atoms with Crippen molar-refractivity contribution in [3.63, 3.8) is 0 Å². The molecule has 10 heteroatoms. The fraction of sp³-hybridized carbons (Fsp3) is 0. The molecule has 0 unspecified atom stereocenters. The van der Waals surface area contributed by atoms with Crippen molar-refractivity contribution >= 4 is 33.3 Å². The van der Waals surface area contributed by atoms with E-state index in [1.807, 2.05) is 0 Å². The summed E-state index contributed by atoms with van der Waals surface area (Å²) in [7, 11) is 0. The molecule has 8 nitrogen and oxygen atoms in total. The SMILES string of the molecule is N#CC(C#N)=c1nc2c(F)c(F)c3nc(=C(C#N)C#N)oc3c2o1. The van der Waals surface area contributed by atoms with Crippen molar-refractivity contribution in [2.75, 3.05) is 0 Å². The van der Waals surface area contributed by atoms with E-state index in [2.05, 4.69) is 9.97 Å². The van der Waals surface area contributed by atoms with Crippen LogP contribution in [-0.4, -0.2) is 9.97 Å². The third kappa shape index (κ3) is 1.85. The molecule has 2 heterocycles. The topological polar surface area (TPSA) is 147 Å². The largest absolute Gasteiger partial charge is 0.431 e. The van der Waals surface area contributed by atoms with Crippen molar-refractivity contribution in [1.29, 1.82) is 21.0 Å². The summed E-state index contributed by atoms with van der Waals surface area (Å²) in [6, 6.07) is 6.00. The van der Waals surface area contributed by atoms with E-state index in [-0.39, 0.29) is 0 Å². The molecule has 3 rings (SSSR count). The van der Waals surface area contributed by atoms with Crippen LogP contribution in [0.1, 0.15) is 0 Å². The van der Waals surface area contributed by atoms with Crippen LogP contribution in [0.5, 0.6) is 0 Å². The first kappa shape index (κ1) is 14.6. The number of hydrogen-bond acceptors (Lipinski definition) is 8. The van der Waals surface area contributed by atoms with Gasteiger partial charge < -0.3 is 8.83 Å². The van der Waals surface area contributed by atoms with Gasteiger partial charge >= 0.3 is 0 Å². The second-order valence-corrected chi connectivity index (χ2v) is 4.22. The van der Waals surface area contributed by atoms with Crippen molar-refractivity contribution in [3.8, 4) is 24.3 Å². The Labute approximate surface area is 130 Å². The second kappa shape index (κ2) is 5.17. The molecule has 0 aliphatic carbocycles. The van der Waals surface area contributed by atoms with E-state index in [0.29, 0.717) is 0 Å². The van der Waals surface area contributed by atoms with Crippen LogP contribution in [0, 0.1) is 57.0 Å². The molecule has 0 amide bonds. The first-order valence-electron chi connectivity index (χ1n) is 5.98. The molecular formula is C14F2N6O2. The monoisotopic (exact) mass is 322 g/mol. The molecule has 1 aromatic carbocycles. The smallest absolute Gasteiger partial charge is 0.249 e. The lowest BCUT2D eigenvalue weighted by Crippen LogP contribution is -2.04. The molecule has 0 bridgehead atoms. The zero-order valence-corrected chi connectivity index (χ0v) is 11.3. The van der Waals surface area contributed by atoms with E-state index in [0.717, 1.165) is 0 Å². The summed E-state index contributed by atoms with van der Waals surface area (Å²) in [6.45, 7) is 0. The van der Waals surface area contributed by atoms with Crippen LogP contribution in [0.3, 0.4) is 0 Å². The Hall–Kier alpha value is -4.28. The molecule has 3 aromatic rings. The highest BCUT2D eigenvalue weighted by Crippen LogP contribution is 2.27. The summed E-state index contributed by atoms with van der Waals surface area (Å²) in [5, 5.41) is 35.2. The summed E-state index contributed by atoms with van der Waals surface area (Å²) in [5.74, 6) is -2.86. The average molecular weight is 322 g/mol. The Bertz CT molecular complexity index is 1190. The minimum Gasteiger partial charge on any atom is -0.431 e. The Balaban J connectivity index is 2.63. The van der Waals surface area contributed by atoms with E-state index >= 15 is 0 Å². The highest BCUT2D eigenvalue weighted by molar-refractivity contribution is 5.98. The minimum absolute atomic E-state index is 0.407. The van der Waals surface area contributed by atoms with Crippen molar-refractivity contribution in [1.82, 2.24) is 9.97 Å². The molecule has 0 saturated carbocycles. The van der Waals surface area contributed by atoms with Gasteiger partial charge in [-0.2, -0.15) is 21.0 Å². The van der Waals surface area contributed by atoms with Crippen LogP contribution in [0.2, 0.25) is 0 Å². The van der Waals surface area contributed by atoms with Gasteiger partial charge in [0.2, 0.25) is 22.3 Å². The van der Waals surface area contributed by atoms with E-state index in [9.17, 15) is 8.78 Å². The Kier molecular flexibility index (Phi) is 3.16. The molecule has 0 saturated heterocycles. The Morgan fingerprint density at radius 2 is 1.04 bits per heavy atom. The molecule has 112 valence electrons. The number of halogens is 2. The highest BCUT2D eigenvalue weighted by atomic mass is 19.2. The van der Waals surface area contributed by atoms with Gasteiger partial charge in [0.15, 0.2) is 33.8 Å². The molecule has 0 atom stereocenters. The number of benzene rings is 1. The number of nitrogens with zero attached hydrogens (tertiary/aromatic N) is 6. The molecule has 2 aromatic heterocycles. The van der Waals surface area contributed by atoms with Crippen molar-refractivity contribution in [2.24, 2.45) is 0 Å². The summed E-state index contributed by atoms with van der Waals surface area (Å²) in [6.07, 6.45) is 0. The van der Waals surface area contributed by atoms with Crippen LogP contribution < -0.4 is 11.1 Å². The van der Waals surface area contributed by atoms with Crippen LogP contribution in [-0.2, 0) is 0 Å². The van der Waals surface area contributed by atoms with Gasteiger partial charge in [0, 0.05) is 0 Å². The van der Waals surface area contributed by atoms with Gasteiger partial charge in [-0.15, -0.1) is 0 Å². The zero-order valence-electron chi connectivity index (χ0n) is 11.3. The Morgan fingerprint density at radius 3 is 1.33 bits per heavy atom. The second-order valence-electron chi connectivity index (χ2n) is 4.22. The normalized spacial score (nSPS) is 9.92. The molecule has 0 aliphatic rings. The number of fused-ring (bicyclic) bond motifs is 3. The molecular weight excluding hydrogens is 322 g/mol. The quantitative estimate of drug-likeness (QED) is 0.585. The maximum absolute atomic E-state index is 14.1. The molecule has 0 radical (unpaired) electrons. The van der Waals surface area contributed by atoms with E-state index < -0.39 is 56.1 Å². The molecule has 24 heavy (non-hydrogen) atoms. The van der Waals surface area contributed by atoms with Crippen LogP contribution in [0.15, 0.2) is 8.83 Å². The number of aromatic nitrogens is 2. The van der Waals surface area contributed by atoms with Gasteiger partial charge in [0.25, 0.3) is 0 Å². The van der Waals surface area contributed by atoms with E-state index in [1.54, 1.807) is 0 Å². The molecule has 0 N–H and O–H groups in total. The third-order valence-electron chi connectivity index (χ3n) is 2.94. The van der Waals surface area contributed by atoms with Crippen LogP contribution in [0.25, 0.3) is 33.3 Å². The lowest BCUT2D eigenvalue weighted by Gasteiger charge is -1.93. The Morgan fingerprint density at radius 1 is 0.708 bits per heavy atom. The summed E-state index contributed by atoms with van der Waals surface area (Å²) >= 11 is 0. The molecule has 0 spiro atoms. The first-order valence-corrected chi connectivity index (χ1v) is 5.98. The van der Waals surface area contributed by atoms with Crippen molar-refractivity contribution in [2.45, 2.75) is 0 Å². The average Bonchev–Trinajstić information content (AvgIpc) is 3.20. The predicted octanol–water partition coefficient (Wildman–Crippen LogP) is 0.643. The van der Waals surface area contributed by atoms with Gasteiger partial charge in [-0.25, -0.2) is 18.7 Å². The molecule has 0 aliphatic heterocycles. The number of rotatable bonds is 0. The van der Waals surface area contributed by atoms with Crippen LogP contribution >= 0.6 is 0 Å². The number of oxazole rings is 2. The van der Waals surface area contributed by atoms with Gasteiger partial charge in [0.05, 0.1) is 0 Å². The maximum Gasteiger partial charge on any atom is 0.249 e. The maximum atomic E-state index is 14.1. The summed E-state index contributed by atoms with van der Waals surface area (Å²) in [5.41, 5.74) is -4.20. The third-order valence-corrected chi connectivity index (χ3v) is 2.94. The predicted molar refractivity (Wildman–Crippen MR) is 70.0 cm³/mol. The van der Waals surface area contributed by atoms with Crippen molar-refractivity contribution < 1.29 is 17.6 Å². The highest BCUT2D eigenvalue weighted by Gasteiger charge is 2.24. The summed E-state index contributed by atoms with van der Waals surface area (Å²) in [4.78, 5) is 7.14. The fourth-order valence-electron chi connectivity index (χ4n) is 1.91. The fourth-order valence-corrected chi connectivity index (χ4v) is 1.91. The van der Waals surface area contributed by atoms with Gasteiger partial charge in [0.1, 0.15) is 24.3 Å². The van der Waals surface area contributed by atoms with Gasteiger partial charge in [-0.1, -0.05) is 0 Å². The van der Waals surface area contributed by atoms with Gasteiger partial charge in [-0.3, -0.25) is 0 Å². The minimum atomic E-state index is -1.43. The lowest BCUT2D eigenvalue weighted by atomic mass is 10.2. The number of nitriles is 4.